The molecule has 6 heteroatoms. The van der Waals surface area contributed by atoms with E-state index in [1.165, 1.54) is 19.4 Å². The lowest BCUT2D eigenvalue weighted by atomic mass is 10.4. The zero-order valence-corrected chi connectivity index (χ0v) is 7.41. The molecule has 70 valence electrons. The number of methoxy groups -OCH3 is 1. The van der Waals surface area contributed by atoms with Crippen LogP contribution in [0.5, 0.6) is 11.6 Å². The van der Waals surface area contributed by atoms with Crippen LogP contribution in [0.2, 0.25) is 5.02 Å². The van der Waals surface area contributed by atoms with E-state index in [1.807, 2.05) is 0 Å². The first-order chi connectivity index (χ1) is 6.15. The molecule has 0 aromatic carbocycles. The molecule has 0 unspecified atom stereocenters. The Hall–Kier alpha value is -1.49. The normalized spacial score (nSPS) is 9.38. The molecule has 5 nitrogen and oxygen atoms in total. The standard InChI is InChI=1S/C7H6ClNO4/c1-12-5-4(8)2-3-9-6(5)13-7(10)11/h2-3H,1H3,(H,10,11). The highest BCUT2D eigenvalue weighted by Gasteiger charge is 2.12. The van der Waals surface area contributed by atoms with Crippen LogP contribution in [0.15, 0.2) is 12.3 Å². The number of aromatic nitrogens is 1. The van der Waals surface area contributed by atoms with Crippen LogP contribution >= 0.6 is 11.6 Å². The van der Waals surface area contributed by atoms with Gasteiger partial charge in [-0.2, -0.15) is 0 Å². The third-order valence-corrected chi connectivity index (χ3v) is 1.51. The van der Waals surface area contributed by atoms with Crippen LogP contribution < -0.4 is 9.47 Å². The van der Waals surface area contributed by atoms with E-state index in [4.69, 9.17) is 21.4 Å². The van der Waals surface area contributed by atoms with Gasteiger partial charge in [0.05, 0.1) is 12.1 Å². The van der Waals surface area contributed by atoms with Gasteiger partial charge in [0.1, 0.15) is 0 Å². The Kier molecular flexibility index (Phi) is 2.92. The van der Waals surface area contributed by atoms with E-state index in [1.54, 1.807) is 0 Å². The van der Waals surface area contributed by atoms with E-state index in [-0.39, 0.29) is 16.7 Å². The molecular weight excluding hydrogens is 198 g/mol. The summed E-state index contributed by atoms with van der Waals surface area (Å²) in [5.41, 5.74) is 0. The topological polar surface area (TPSA) is 68.7 Å². The van der Waals surface area contributed by atoms with Gasteiger partial charge < -0.3 is 14.6 Å². The fourth-order valence-electron chi connectivity index (χ4n) is 0.747. The SMILES string of the molecule is COc1c(Cl)ccnc1OC(=O)O. The smallest absolute Gasteiger partial charge is 0.490 e. The summed E-state index contributed by atoms with van der Waals surface area (Å²) in [4.78, 5) is 13.8. The summed E-state index contributed by atoms with van der Waals surface area (Å²) in [5.74, 6) is -0.0610. The molecule has 1 heterocycles. The lowest BCUT2D eigenvalue weighted by Crippen LogP contribution is -2.05. The Morgan fingerprint density at radius 3 is 2.92 bits per heavy atom. The molecular formula is C7H6ClNO4. The number of hydrogen-bond donors (Lipinski definition) is 1. The largest absolute Gasteiger partial charge is 0.512 e. The Morgan fingerprint density at radius 2 is 2.38 bits per heavy atom. The number of pyridine rings is 1. The lowest BCUT2D eigenvalue weighted by Gasteiger charge is -2.06. The molecule has 0 aliphatic carbocycles. The van der Waals surface area contributed by atoms with Crippen molar-refractivity contribution in [1.29, 1.82) is 0 Å². The van der Waals surface area contributed by atoms with Crippen molar-refractivity contribution in [3.8, 4) is 11.6 Å². The highest BCUT2D eigenvalue weighted by Crippen LogP contribution is 2.31. The van der Waals surface area contributed by atoms with Gasteiger partial charge in [-0.15, -0.1) is 0 Å². The van der Waals surface area contributed by atoms with Crippen molar-refractivity contribution >= 4 is 17.8 Å². The van der Waals surface area contributed by atoms with Crippen molar-refractivity contribution in [3.05, 3.63) is 17.3 Å². The third kappa shape index (κ3) is 2.22. The summed E-state index contributed by atoms with van der Waals surface area (Å²) in [6, 6.07) is 1.47. The summed E-state index contributed by atoms with van der Waals surface area (Å²) in [7, 11) is 1.34. The van der Waals surface area contributed by atoms with Gasteiger partial charge in [-0.25, -0.2) is 9.78 Å². The van der Waals surface area contributed by atoms with E-state index in [9.17, 15) is 4.79 Å². The van der Waals surface area contributed by atoms with Crippen LogP contribution in [-0.4, -0.2) is 23.4 Å². The Labute approximate surface area is 78.9 Å². The van der Waals surface area contributed by atoms with Crippen molar-refractivity contribution in [2.45, 2.75) is 0 Å². The second-order valence-corrected chi connectivity index (χ2v) is 2.41. The molecule has 1 aromatic heterocycles. The molecule has 1 rings (SSSR count). The summed E-state index contributed by atoms with van der Waals surface area (Å²) in [5, 5.41) is 8.56. The average Bonchev–Trinajstić information content (AvgIpc) is 2.03. The van der Waals surface area contributed by atoms with E-state index < -0.39 is 6.16 Å². The summed E-state index contributed by atoms with van der Waals surface area (Å²) in [6.45, 7) is 0. The van der Waals surface area contributed by atoms with Gasteiger partial charge in [0.15, 0.2) is 0 Å². The molecule has 0 radical (unpaired) electrons. The van der Waals surface area contributed by atoms with E-state index in [2.05, 4.69) is 9.72 Å². The van der Waals surface area contributed by atoms with Gasteiger partial charge in [0.2, 0.25) is 5.75 Å². The summed E-state index contributed by atoms with van der Waals surface area (Å²) in [6.07, 6.45) is -0.142. The number of nitrogens with zero attached hydrogens (tertiary/aromatic N) is 1. The molecule has 0 bridgehead atoms. The number of carboxylic acid groups (broad SMARTS) is 1. The zero-order chi connectivity index (χ0) is 9.84. The predicted molar refractivity (Wildman–Crippen MR) is 44.5 cm³/mol. The maximum atomic E-state index is 10.2. The second kappa shape index (κ2) is 3.95. The molecule has 0 fully saturated rings. The van der Waals surface area contributed by atoms with Crippen molar-refractivity contribution in [1.82, 2.24) is 4.98 Å². The third-order valence-electron chi connectivity index (χ3n) is 1.21. The van der Waals surface area contributed by atoms with Crippen molar-refractivity contribution in [2.75, 3.05) is 7.11 Å². The monoisotopic (exact) mass is 203 g/mol. The maximum absolute atomic E-state index is 10.2. The van der Waals surface area contributed by atoms with Crippen LogP contribution in [0, 0.1) is 0 Å². The zero-order valence-electron chi connectivity index (χ0n) is 6.65. The van der Waals surface area contributed by atoms with Crippen molar-refractivity contribution < 1.29 is 19.4 Å². The molecule has 0 spiro atoms. The fraction of sp³-hybridized carbons (Fsp3) is 0.143. The van der Waals surface area contributed by atoms with Crippen molar-refractivity contribution in [3.63, 3.8) is 0 Å². The molecule has 0 saturated heterocycles. The van der Waals surface area contributed by atoms with Crippen LogP contribution in [-0.2, 0) is 0 Å². The molecule has 0 amide bonds. The molecule has 1 N–H and O–H groups in total. The molecule has 1 aromatic rings. The van der Waals surface area contributed by atoms with Gasteiger partial charge in [-0.3, -0.25) is 0 Å². The Morgan fingerprint density at radius 1 is 1.69 bits per heavy atom. The van der Waals surface area contributed by atoms with Gasteiger partial charge in [-0.05, 0) is 6.07 Å². The quantitative estimate of drug-likeness (QED) is 0.743. The highest BCUT2D eigenvalue weighted by atomic mass is 35.5. The minimum Gasteiger partial charge on any atom is -0.490 e. The first-order valence-electron chi connectivity index (χ1n) is 3.24. The number of halogens is 1. The maximum Gasteiger partial charge on any atom is 0.512 e. The summed E-state index contributed by atoms with van der Waals surface area (Å²) >= 11 is 5.68. The summed E-state index contributed by atoms with van der Waals surface area (Å²) < 4.78 is 9.11. The molecule has 0 atom stereocenters. The number of ether oxygens (including phenoxy) is 2. The number of rotatable bonds is 2. The first-order valence-corrected chi connectivity index (χ1v) is 3.62. The minimum atomic E-state index is -1.46. The number of hydrogen-bond acceptors (Lipinski definition) is 4. The fourth-order valence-corrected chi connectivity index (χ4v) is 0.961. The second-order valence-electron chi connectivity index (χ2n) is 2.00. The predicted octanol–water partition coefficient (Wildman–Crippen LogP) is 1.80. The highest BCUT2D eigenvalue weighted by molar-refractivity contribution is 6.32. The Bertz CT molecular complexity index is 328. The van der Waals surface area contributed by atoms with Crippen LogP contribution in [0.4, 0.5) is 4.79 Å². The number of carbonyl (C=O) groups is 1. The van der Waals surface area contributed by atoms with E-state index in [0.29, 0.717) is 0 Å². The van der Waals surface area contributed by atoms with Gasteiger partial charge in [0, 0.05) is 6.20 Å². The Balaban J connectivity index is 3.05. The first kappa shape index (κ1) is 9.60. The molecule has 13 heavy (non-hydrogen) atoms. The van der Waals surface area contributed by atoms with Gasteiger partial charge >= 0.3 is 6.16 Å². The molecule has 0 aliphatic rings. The van der Waals surface area contributed by atoms with Crippen LogP contribution in [0.25, 0.3) is 0 Å². The van der Waals surface area contributed by atoms with Gasteiger partial charge in [0.25, 0.3) is 5.88 Å². The van der Waals surface area contributed by atoms with E-state index in [0.717, 1.165) is 0 Å². The average molecular weight is 204 g/mol. The minimum absolute atomic E-state index is 0.103. The van der Waals surface area contributed by atoms with E-state index >= 15 is 0 Å². The van der Waals surface area contributed by atoms with Crippen molar-refractivity contribution in [2.24, 2.45) is 0 Å². The van der Waals surface area contributed by atoms with Crippen LogP contribution in [0.1, 0.15) is 0 Å². The lowest BCUT2D eigenvalue weighted by molar-refractivity contribution is 0.140. The molecule has 0 saturated carbocycles. The molecule has 0 aliphatic heterocycles. The van der Waals surface area contributed by atoms with Crippen LogP contribution in [0.3, 0.4) is 0 Å². The van der Waals surface area contributed by atoms with Gasteiger partial charge in [-0.1, -0.05) is 11.6 Å².